The Morgan fingerprint density at radius 1 is 1.65 bits per heavy atom. The molecule has 17 heavy (non-hydrogen) atoms. The highest BCUT2D eigenvalue weighted by molar-refractivity contribution is 6.25. The van der Waals surface area contributed by atoms with Crippen molar-refractivity contribution in [1.29, 1.82) is 5.41 Å². The molecule has 0 amide bonds. The van der Waals surface area contributed by atoms with Gasteiger partial charge in [0.05, 0.1) is 5.71 Å². The smallest absolute Gasteiger partial charge is 0.114 e. The maximum Gasteiger partial charge on any atom is 0.114 e. The van der Waals surface area contributed by atoms with Gasteiger partial charge in [0.1, 0.15) is 12.5 Å². The zero-order chi connectivity index (χ0) is 12.3. The molecule has 0 aromatic carbocycles. The number of hydrogen-bond donors (Lipinski definition) is 3. The minimum absolute atomic E-state index is 0.464. The number of hydrogen-bond acceptors (Lipinski definition) is 3. The Morgan fingerprint density at radius 3 is 3.18 bits per heavy atom. The molecule has 1 atom stereocenters. The third-order valence-electron chi connectivity index (χ3n) is 3.03. The molecule has 1 aliphatic heterocycles. The summed E-state index contributed by atoms with van der Waals surface area (Å²) in [5.41, 5.74) is 2.87. The van der Waals surface area contributed by atoms with Crippen molar-refractivity contribution in [1.82, 2.24) is 4.98 Å². The molecule has 0 saturated heterocycles. The monoisotopic (exact) mass is 230 g/mol. The Kier molecular flexibility index (Phi) is 3.42. The largest absolute Gasteiger partial charge is 0.352 e. The molecule has 0 aliphatic carbocycles. The molecule has 4 nitrogen and oxygen atoms in total. The Morgan fingerprint density at radius 2 is 2.47 bits per heavy atom. The van der Waals surface area contributed by atoms with Crippen molar-refractivity contribution < 1.29 is 0 Å². The summed E-state index contributed by atoms with van der Waals surface area (Å²) in [4.78, 5) is 7.61. The van der Waals surface area contributed by atoms with Crippen molar-refractivity contribution in [2.75, 3.05) is 12.0 Å². The Balaban J connectivity index is 2.36. The number of rotatable bonds is 4. The van der Waals surface area contributed by atoms with Gasteiger partial charge in [-0.15, -0.1) is 0 Å². The van der Waals surface area contributed by atoms with Crippen molar-refractivity contribution in [2.24, 2.45) is 10.9 Å². The molecule has 0 radical (unpaired) electrons. The molecule has 2 rings (SSSR count). The van der Waals surface area contributed by atoms with Crippen LogP contribution in [0.3, 0.4) is 0 Å². The van der Waals surface area contributed by atoms with E-state index in [1.165, 1.54) is 6.21 Å². The van der Waals surface area contributed by atoms with Crippen LogP contribution in [0.2, 0.25) is 0 Å². The van der Waals surface area contributed by atoms with Gasteiger partial charge in [0.25, 0.3) is 0 Å². The molecule has 3 N–H and O–H groups in total. The highest BCUT2D eigenvalue weighted by Gasteiger charge is 2.17. The molecular weight excluding hydrogens is 212 g/mol. The van der Waals surface area contributed by atoms with Gasteiger partial charge in [-0.25, -0.2) is 0 Å². The molecule has 1 unspecified atom stereocenters. The predicted octanol–water partition coefficient (Wildman–Crippen LogP) is 2.81. The van der Waals surface area contributed by atoms with Crippen molar-refractivity contribution in [3.05, 3.63) is 29.5 Å². The van der Waals surface area contributed by atoms with Gasteiger partial charge in [-0.1, -0.05) is 26.3 Å². The van der Waals surface area contributed by atoms with E-state index in [2.05, 4.69) is 35.2 Å². The zero-order valence-corrected chi connectivity index (χ0v) is 10.2. The number of anilines is 1. The molecule has 4 heteroatoms. The van der Waals surface area contributed by atoms with Gasteiger partial charge in [-0.3, -0.25) is 4.99 Å². The molecular formula is C13H18N4. The maximum absolute atomic E-state index is 7.55. The number of nitrogens with zero attached hydrogens (tertiary/aromatic N) is 1. The summed E-state index contributed by atoms with van der Waals surface area (Å²) < 4.78 is 0. The third kappa shape index (κ3) is 2.30. The van der Waals surface area contributed by atoms with Crippen LogP contribution in [0.1, 0.15) is 25.8 Å². The molecule has 1 aromatic rings. The molecule has 90 valence electrons. The minimum Gasteiger partial charge on any atom is -0.352 e. The Hall–Kier alpha value is -1.84. The van der Waals surface area contributed by atoms with E-state index in [4.69, 9.17) is 5.41 Å². The quantitative estimate of drug-likeness (QED) is 0.684. The average Bonchev–Trinajstić information content (AvgIpc) is 2.83. The second kappa shape index (κ2) is 4.99. The third-order valence-corrected chi connectivity index (χ3v) is 3.03. The van der Waals surface area contributed by atoms with E-state index in [1.54, 1.807) is 0 Å². The van der Waals surface area contributed by atoms with Crippen molar-refractivity contribution in [2.45, 2.75) is 20.3 Å². The van der Waals surface area contributed by atoms with Gasteiger partial charge in [-0.05, 0) is 12.0 Å². The standard InChI is InChI=1S/C13H18N4/c1-3-9(2)6-10(7-14)12-11-4-5-15-13(11)17-8-16-12/h4-7,9,14-15,17H,3,8H2,1-2H3/b10-6+,14-7?. The highest BCUT2D eigenvalue weighted by atomic mass is 15.1. The van der Waals surface area contributed by atoms with Gasteiger partial charge in [0.2, 0.25) is 0 Å². The van der Waals surface area contributed by atoms with E-state index in [0.29, 0.717) is 12.6 Å². The molecule has 1 aromatic heterocycles. The van der Waals surface area contributed by atoms with Gasteiger partial charge in [0.15, 0.2) is 0 Å². The van der Waals surface area contributed by atoms with E-state index in [1.807, 2.05) is 12.3 Å². The first kappa shape index (κ1) is 11.6. The average molecular weight is 230 g/mol. The number of nitrogens with one attached hydrogen (secondary N) is 3. The fraction of sp³-hybridized carbons (Fsp3) is 0.385. The molecule has 1 aliphatic rings. The lowest BCUT2D eigenvalue weighted by molar-refractivity contribution is 0.697. The summed E-state index contributed by atoms with van der Waals surface area (Å²) >= 11 is 0. The molecule has 0 bridgehead atoms. The van der Waals surface area contributed by atoms with Crippen LogP contribution in [0, 0.1) is 11.3 Å². The molecule has 2 heterocycles. The lowest BCUT2D eigenvalue weighted by Gasteiger charge is -2.16. The van der Waals surface area contributed by atoms with Gasteiger partial charge in [0, 0.05) is 23.5 Å². The summed E-state index contributed by atoms with van der Waals surface area (Å²) in [6, 6.07) is 1.99. The summed E-state index contributed by atoms with van der Waals surface area (Å²) in [5, 5.41) is 10.7. The van der Waals surface area contributed by atoms with Crippen LogP contribution in [0.5, 0.6) is 0 Å². The SMILES string of the molecule is CCC(C)/C=C(\C=N)C1=NCNc2[nH]ccc21. The first-order valence-electron chi connectivity index (χ1n) is 5.95. The second-order valence-electron chi connectivity index (χ2n) is 4.26. The van der Waals surface area contributed by atoms with Gasteiger partial charge >= 0.3 is 0 Å². The van der Waals surface area contributed by atoms with Crippen LogP contribution >= 0.6 is 0 Å². The Bertz CT molecular complexity index is 468. The number of aromatic nitrogens is 1. The minimum atomic E-state index is 0.464. The Labute approximate surface area is 101 Å². The second-order valence-corrected chi connectivity index (χ2v) is 4.26. The lowest BCUT2D eigenvalue weighted by atomic mass is 9.98. The number of fused-ring (bicyclic) bond motifs is 1. The number of aliphatic imine (C=N–C) groups is 1. The maximum atomic E-state index is 7.55. The van der Waals surface area contributed by atoms with Gasteiger partial charge in [-0.2, -0.15) is 0 Å². The zero-order valence-electron chi connectivity index (χ0n) is 10.2. The van der Waals surface area contributed by atoms with E-state index in [-0.39, 0.29) is 0 Å². The summed E-state index contributed by atoms with van der Waals surface area (Å²) in [5.74, 6) is 1.46. The lowest BCUT2D eigenvalue weighted by Crippen LogP contribution is -2.17. The number of H-pyrrole nitrogens is 1. The van der Waals surface area contributed by atoms with Crippen molar-refractivity contribution in [3.63, 3.8) is 0 Å². The molecule has 0 spiro atoms. The normalized spacial score (nSPS) is 16.8. The van der Waals surface area contributed by atoms with Crippen LogP contribution in [-0.4, -0.2) is 23.6 Å². The van der Waals surface area contributed by atoms with Crippen LogP contribution in [0.4, 0.5) is 5.82 Å². The fourth-order valence-electron chi connectivity index (χ4n) is 1.86. The van der Waals surface area contributed by atoms with Crippen LogP contribution in [0.15, 0.2) is 28.9 Å². The van der Waals surface area contributed by atoms with E-state index in [9.17, 15) is 0 Å². The summed E-state index contributed by atoms with van der Waals surface area (Å²) in [6.07, 6.45) is 6.48. The summed E-state index contributed by atoms with van der Waals surface area (Å²) in [6.45, 7) is 4.87. The van der Waals surface area contributed by atoms with Gasteiger partial charge < -0.3 is 15.7 Å². The van der Waals surface area contributed by atoms with Crippen LogP contribution in [-0.2, 0) is 0 Å². The fourth-order valence-corrected chi connectivity index (χ4v) is 1.86. The molecule has 0 fully saturated rings. The van der Waals surface area contributed by atoms with E-state index < -0.39 is 0 Å². The number of aromatic amines is 1. The van der Waals surface area contributed by atoms with E-state index >= 15 is 0 Å². The first-order chi connectivity index (χ1) is 8.26. The van der Waals surface area contributed by atoms with Crippen LogP contribution < -0.4 is 5.32 Å². The topological polar surface area (TPSA) is 64.0 Å². The van der Waals surface area contributed by atoms with Crippen LogP contribution in [0.25, 0.3) is 0 Å². The highest BCUT2D eigenvalue weighted by Crippen LogP contribution is 2.22. The van der Waals surface area contributed by atoms with Crippen molar-refractivity contribution >= 4 is 17.7 Å². The van der Waals surface area contributed by atoms with Crippen molar-refractivity contribution in [3.8, 4) is 0 Å². The number of allylic oxidation sites excluding steroid dienone is 2. The predicted molar refractivity (Wildman–Crippen MR) is 72.1 cm³/mol. The summed E-state index contributed by atoms with van der Waals surface area (Å²) in [7, 11) is 0. The van der Waals surface area contributed by atoms with E-state index in [0.717, 1.165) is 29.1 Å². The first-order valence-corrected chi connectivity index (χ1v) is 5.95. The molecule has 0 saturated carbocycles.